The van der Waals surface area contributed by atoms with Crippen LogP contribution in [0.5, 0.6) is 0 Å². The van der Waals surface area contributed by atoms with E-state index in [1.165, 1.54) is 37.7 Å². The minimum Gasteiger partial charge on any atom is -0.377 e. The van der Waals surface area contributed by atoms with Crippen LogP contribution in [0.25, 0.3) is 0 Å². The molecule has 4 aliphatic rings. The molecule has 2 saturated heterocycles. The number of aromatic nitrogens is 2. The van der Waals surface area contributed by atoms with E-state index in [0.29, 0.717) is 29.4 Å². The Kier molecular flexibility index (Phi) is 4.96. The average molecular weight is 471 g/mol. The Morgan fingerprint density at radius 1 is 1.38 bits per heavy atom. The molecule has 1 aromatic heterocycles. The highest BCUT2D eigenvalue weighted by Gasteiger charge is 2.66. The molecule has 1 aromatic rings. The van der Waals surface area contributed by atoms with Crippen molar-refractivity contribution in [3.05, 3.63) is 18.0 Å². The van der Waals surface area contributed by atoms with Crippen LogP contribution in [0.15, 0.2) is 17.4 Å². The molecule has 0 aromatic carbocycles. The van der Waals surface area contributed by atoms with Gasteiger partial charge in [-0.05, 0) is 31.2 Å². The lowest BCUT2D eigenvalue weighted by atomic mass is 9.46. The fourth-order valence-electron chi connectivity index (χ4n) is 5.77. The summed E-state index contributed by atoms with van der Waals surface area (Å²) in [6, 6.07) is 0.560. The molecule has 1 spiro atoms. The third kappa shape index (κ3) is 2.68. The lowest BCUT2D eigenvalue weighted by Crippen LogP contribution is -2.72. The summed E-state index contributed by atoms with van der Waals surface area (Å²) in [6.45, 7) is 3.06. The SMILES string of the molecule is CN=C(NC1C2CCOC2C12CCC2)N1CCC(c2cnn(C)c2)C1.I. The van der Waals surface area contributed by atoms with E-state index in [9.17, 15) is 0 Å². The molecule has 0 radical (unpaired) electrons. The van der Waals surface area contributed by atoms with Crippen LogP contribution in [0, 0.1) is 11.3 Å². The van der Waals surface area contributed by atoms with Crippen molar-refractivity contribution in [2.75, 3.05) is 26.7 Å². The Hall–Kier alpha value is -0.830. The molecule has 2 aliphatic carbocycles. The van der Waals surface area contributed by atoms with Crippen molar-refractivity contribution < 1.29 is 4.74 Å². The highest BCUT2D eigenvalue weighted by atomic mass is 127. The summed E-state index contributed by atoms with van der Waals surface area (Å²) in [5, 5.41) is 8.20. The minimum absolute atomic E-state index is 0. The summed E-state index contributed by atoms with van der Waals surface area (Å²) in [7, 11) is 3.92. The first kappa shape index (κ1) is 18.5. The molecule has 26 heavy (non-hydrogen) atoms. The predicted molar refractivity (Wildman–Crippen MR) is 112 cm³/mol. The van der Waals surface area contributed by atoms with E-state index < -0.39 is 0 Å². The number of halogens is 1. The second kappa shape index (κ2) is 6.96. The summed E-state index contributed by atoms with van der Waals surface area (Å²) >= 11 is 0. The average Bonchev–Trinajstić information content (AvgIpc) is 3.27. The van der Waals surface area contributed by atoms with Crippen LogP contribution >= 0.6 is 24.0 Å². The Morgan fingerprint density at radius 3 is 2.88 bits per heavy atom. The van der Waals surface area contributed by atoms with Gasteiger partial charge in [0, 0.05) is 63.3 Å². The fraction of sp³-hybridized carbons (Fsp3) is 0.789. The monoisotopic (exact) mass is 471 g/mol. The van der Waals surface area contributed by atoms with Gasteiger partial charge in [0.1, 0.15) is 0 Å². The van der Waals surface area contributed by atoms with Crippen LogP contribution < -0.4 is 5.32 Å². The molecule has 1 N–H and O–H groups in total. The number of fused-ring (bicyclic) bond motifs is 2. The quantitative estimate of drug-likeness (QED) is 0.409. The Balaban J connectivity index is 0.00000168. The summed E-state index contributed by atoms with van der Waals surface area (Å²) in [6.07, 6.45) is 11.1. The van der Waals surface area contributed by atoms with Gasteiger partial charge in [-0.25, -0.2) is 0 Å². The van der Waals surface area contributed by atoms with Gasteiger partial charge < -0.3 is 15.0 Å². The Morgan fingerprint density at radius 2 is 2.23 bits per heavy atom. The molecule has 7 heteroatoms. The van der Waals surface area contributed by atoms with Gasteiger partial charge >= 0.3 is 0 Å². The topological polar surface area (TPSA) is 54.7 Å². The lowest BCUT2D eigenvalue weighted by Gasteiger charge is -2.63. The van der Waals surface area contributed by atoms with E-state index >= 15 is 0 Å². The molecule has 4 fully saturated rings. The first-order valence-corrected chi connectivity index (χ1v) is 9.80. The van der Waals surface area contributed by atoms with Gasteiger partial charge in [-0.2, -0.15) is 5.10 Å². The van der Waals surface area contributed by atoms with Crippen molar-refractivity contribution in [1.82, 2.24) is 20.0 Å². The number of guanidine groups is 1. The minimum atomic E-state index is 0. The van der Waals surface area contributed by atoms with Crippen molar-refractivity contribution in [3.8, 4) is 0 Å². The third-order valence-corrected chi connectivity index (χ3v) is 7.22. The Labute approximate surface area is 172 Å². The normalized spacial score (nSPS) is 34.8. The highest BCUT2D eigenvalue weighted by Crippen LogP contribution is 2.62. The van der Waals surface area contributed by atoms with Gasteiger partial charge in [-0.3, -0.25) is 9.67 Å². The number of hydrogen-bond donors (Lipinski definition) is 1. The molecular formula is C19H30IN5O. The van der Waals surface area contributed by atoms with E-state index in [1.807, 2.05) is 25.0 Å². The van der Waals surface area contributed by atoms with Crippen molar-refractivity contribution in [2.45, 2.75) is 50.2 Å². The molecular weight excluding hydrogens is 441 g/mol. The molecule has 0 amide bonds. The molecule has 0 bridgehead atoms. The van der Waals surface area contributed by atoms with Gasteiger partial charge in [0.15, 0.2) is 5.96 Å². The fourth-order valence-corrected chi connectivity index (χ4v) is 5.77. The summed E-state index contributed by atoms with van der Waals surface area (Å²) in [4.78, 5) is 7.07. The predicted octanol–water partition coefficient (Wildman–Crippen LogP) is 2.36. The van der Waals surface area contributed by atoms with E-state index in [2.05, 4.69) is 26.5 Å². The number of nitrogens with one attached hydrogen (secondary N) is 1. The third-order valence-electron chi connectivity index (χ3n) is 7.22. The van der Waals surface area contributed by atoms with Crippen LogP contribution in [-0.4, -0.2) is 59.5 Å². The number of rotatable bonds is 2. The largest absolute Gasteiger partial charge is 0.377 e. The molecule has 2 aliphatic heterocycles. The smallest absolute Gasteiger partial charge is 0.193 e. The van der Waals surface area contributed by atoms with Crippen molar-refractivity contribution >= 4 is 29.9 Å². The maximum atomic E-state index is 6.06. The van der Waals surface area contributed by atoms with E-state index in [4.69, 9.17) is 4.74 Å². The van der Waals surface area contributed by atoms with E-state index in [1.54, 1.807) is 0 Å². The van der Waals surface area contributed by atoms with Gasteiger partial charge in [-0.1, -0.05) is 6.42 Å². The number of hydrogen-bond acceptors (Lipinski definition) is 3. The molecule has 2 saturated carbocycles. The van der Waals surface area contributed by atoms with Crippen molar-refractivity contribution in [2.24, 2.45) is 23.4 Å². The number of ether oxygens (including phenoxy) is 1. The zero-order valence-corrected chi connectivity index (χ0v) is 18.1. The second-order valence-electron chi connectivity index (χ2n) is 8.38. The van der Waals surface area contributed by atoms with E-state index in [-0.39, 0.29) is 24.0 Å². The molecule has 144 valence electrons. The van der Waals surface area contributed by atoms with Crippen LogP contribution in [0.3, 0.4) is 0 Å². The van der Waals surface area contributed by atoms with Gasteiger partial charge in [-0.15, -0.1) is 24.0 Å². The van der Waals surface area contributed by atoms with Crippen LogP contribution in [-0.2, 0) is 11.8 Å². The zero-order valence-electron chi connectivity index (χ0n) is 15.7. The second-order valence-corrected chi connectivity index (χ2v) is 8.38. The van der Waals surface area contributed by atoms with Gasteiger partial charge in [0.25, 0.3) is 0 Å². The molecule has 3 heterocycles. The molecule has 5 rings (SSSR count). The summed E-state index contributed by atoms with van der Waals surface area (Å²) < 4.78 is 7.96. The van der Waals surface area contributed by atoms with Gasteiger partial charge in [0.2, 0.25) is 0 Å². The van der Waals surface area contributed by atoms with Gasteiger partial charge in [0.05, 0.1) is 12.3 Å². The number of nitrogens with zero attached hydrogens (tertiary/aromatic N) is 4. The first-order valence-electron chi connectivity index (χ1n) is 9.80. The van der Waals surface area contributed by atoms with Crippen LogP contribution in [0.1, 0.15) is 43.6 Å². The zero-order chi connectivity index (χ0) is 17.0. The maximum Gasteiger partial charge on any atom is 0.193 e. The number of likely N-dealkylation sites (tertiary alicyclic amines) is 1. The molecule has 4 unspecified atom stereocenters. The van der Waals surface area contributed by atoms with E-state index in [0.717, 1.165) is 25.7 Å². The number of aliphatic imine (C=N–C) groups is 1. The maximum absolute atomic E-state index is 6.06. The summed E-state index contributed by atoms with van der Waals surface area (Å²) in [5.41, 5.74) is 1.75. The first-order chi connectivity index (χ1) is 12.2. The number of aryl methyl sites for hydroxylation is 1. The van der Waals surface area contributed by atoms with Crippen LogP contribution in [0.2, 0.25) is 0 Å². The standard InChI is InChI=1S/C19H29N5O.HI/c1-20-18(24-8-4-13(12-24)14-10-21-23(2)11-14)22-16-15-5-9-25-17(15)19(16)6-3-7-19;/h10-11,13,15-17H,3-9,12H2,1-2H3,(H,20,22);1H. The van der Waals surface area contributed by atoms with Crippen molar-refractivity contribution in [1.29, 1.82) is 0 Å². The lowest BCUT2D eigenvalue weighted by molar-refractivity contribution is -0.171. The highest BCUT2D eigenvalue weighted by molar-refractivity contribution is 14.0. The summed E-state index contributed by atoms with van der Waals surface area (Å²) in [5.74, 6) is 2.34. The van der Waals surface area contributed by atoms with Crippen molar-refractivity contribution in [3.63, 3.8) is 0 Å². The van der Waals surface area contributed by atoms with Crippen LogP contribution in [0.4, 0.5) is 0 Å². The molecule has 4 atom stereocenters. The Bertz CT molecular complexity index is 685. The molecule has 6 nitrogen and oxygen atoms in total.